The molecule has 0 radical (unpaired) electrons. The van der Waals surface area contributed by atoms with Crippen molar-refractivity contribution in [2.75, 3.05) is 13.2 Å². The maximum atomic E-state index is 5.40. The van der Waals surface area contributed by atoms with Crippen LogP contribution in [0.4, 0.5) is 0 Å². The van der Waals surface area contributed by atoms with Crippen LogP contribution in [-0.4, -0.2) is 32.7 Å². The molecule has 1 aliphatic rings. The Morgan fingerprint density at radius 1 is 1.17 bits per heavy atom. The van der Waals surface area contributed by atoms with Crippen molar-refractivity contribution in [3.63, 3.8) is 0 Å². The van der Waals surface area contributed by atoms with Crippen LogP contribution in [0.5, 0.6) is 0 Å². The lowest BCUT2D eigenvalue weighted by atomic mass is 9.99. The third-order valence-corrected chi connectivity index (χ3v) is 3.47. The predicted octanol–water partition coefficient (Wildman–Crippen LogP) is 1.77. The summed E-state index contributed by atoms with van der Waals surface area (Å²) in [5.74, 6) is 1.64. The molecule has 94 valence electrons. The minimum atomic E-state index is 0.502. The van der Waals surface area contributed by atoms with Gasteiger partial charge in [0, 0.05) is 44.1 Å². The summed E-state index contributed by atoms with van der Waals surface area (Å²) in [5.41, 5.74) is 2.07. The van der Waals surface area contributed by atoms with E-state index >= 15 is 0 Å². The lowest BCUT2D eigenvalue weighted by molar-refractivity contribution is 0.0830. The number of ether oxygens (including phenoxy) is 1. The van der Waals surface area contributed by atoms with Crippen LogP contribution in [0, 0.1) is 0 Å². The van der Waals surface area contributed by atoms with Crippen LogP contribution < -0.4 is 0 Å². The van der Waals surface area contributed by atoms with Crippen LogP contribution in [0.15, 0.2) is 24.9 Å². The average Bonchev–Trinajstić information content (AvgIpc) is 2.83. The predicted molar refractivity (Wildman–Crippen MR) is 67.0 cm³/mol. The van der Waals surface area contributed by atoms with Crippen molar-refractivity contribution in [2.45, 2.75) is 18.8 Å². The number of aromatic nitrogens is 4. The van der Waals surface area contributed by atoms with Crippen molar-refractivity contribution in [3.8, 4) is 11.3 Å². The van der Waals surface area contributed by atoms with E-state index in [1.165, 1.54) is 0 Å². The highest BCUT2D eigenvalue weighted by Gasteiger charge is 2.21. The molecule has 2 aromatic rings. The van der Waals surface area contributed by atoms with Crippen LogP contribution in [0.3, 0.4) is 0 Å². The van der Waals surface area contributed by atoms with Crippen molar-refractivity contribution < 1.29 is 4.74 Å². The SMILES string of the molecule is Cn1c(-c2cncnc2)cnc1C1CCOCC1. The van der Waals surface area contributed by atoms with Gasteiger partial charge in [-0.05, 0) is 12.8 Å². The monoisotopic (exact) mass is 244 g/mol. The molecule has 0 amide bonds. The van der Waals surface area contributed by atoms with Crippen molar-refractivity contribution in [3.05, 3.63) is 30.7 Å². The van der Waals surface area contributed by atoms with Crippen molar-refractivity contribution >= 4 is 0 Å². The first-order valence-corrected chi connectivity index (χ1v) is 6.21. The molecule has 1 saturated heterocycles. The van der Waals surface area contributed by atoms with E-state index in [2.05, 4.69) is 26.6 Å². The van der Waals surface area contributed by atoms with E-state index in [-0.39, 0.29) is 0 Å². The number of rotatable bonds is 2. The fourth-order valence-electron chi connectivity index (χ4n) is 2.46. The Bertz CT molecular complexity index is 517. The van der Waals surface area contributed by atoms with Gasteiger partial charge in [-0.15, -0.1) is 0 Å². The van der Waals surface area contributed by atoms with Crippen molar-refractivity contribution in [1.82, 2.24) is 19.5 Å². The second kappa shape index (κ2) is 4.86. The Morgan fingerprint density at radius 3 is 2.61 bits per heavy atom. The van der Waals surface area contributed by atoms with Crippen molar-refractivity contribution in [2.24, 2.45) is 7.05 Å². The summed E-state index contributed by atoms with van der Waals surface area (Å²) >= 11 is 0. The third kappa shape index (κ3) is 2.01. The lowest BCUT2D eigenvalue weighted by Crippen LogP contribution is -2.17. The van der Waals surface area contributed by atoms with Gasteiger partial charge in [-0.1, -0.05) is 0 Å². The van der Waals surface area contributed by atoms with Gasteiger partial charge in [0.1, 0.15) is 12.2 Å². The summed E-state index contributed by atoms with van der Waals surface area (Å²) in [6.45, 7) is 1.67. The van der Waals surface area contributed by atoms with Gasteiger partial charge in [0.15, 0.2) is 0 Å². The van der Waals surface area contributed by atoms with E-state index in [0.717, 1.165) is 43.1 Å². The van der Waals surface area contributed by atoms with E-state index in [1.807, 2.05) is 18.6 Å². The zero-order valence-corrected chi connectivity index (χ0v) is 10.4. The first-order valence-electron chi connectivity index (χ1n) is 6.21. The number of hydrogen-bond donors (Lipinski definition) is 0. The second-order valence-corrected chi connectivity index (χ2v) is 4.57. The minimum absolute atomic E-state index is 0.502. The van der Waals surface area contributed by atoms with Crippen LogP contribution in [-0.2, 0) is 11.8 Å². The smallest absolute Gasteiger partial charge is 0.115 e. The normalized spacial score (nSPS) is 16.9. The van der Waals surface area contributed by atoms with Crippen LogP contribution in [0.2, 0.25) is 0 Å². The van der Waals surface area contributed by atoms with Gasteiger partial charge >= 0.3 is 0 Å². The molecule has 5 nitrogen and oxygen atoms in total. The molecule has 0 unspecified atom stereocenters. The highest BCUT2D eigenvalue weighted by molar-refractivity contribution is 5.56. The van der Waals surface area contributed by atoms with Gasteiger partial charge in [-0.2, -0.15) is 0 Å². The van der Waals surface area contributed by atoms with Gasteiger partial charge in [0.25, 0.3) is 0 Å². The van der Waals surface area contributed by atoms with E-state index in [1.54, 1.807) is 6.33 Å². The third-order valence-electron chi connectivity index (χ3n) is 3.47. The fourth-order valence-corrected chi connectivity index (χ4v) is 2.46. The summed E-state index contributed by atoms with van der Waals surface area (Å²) in [5, 5.41) is 0. The molecule has 5 heteroatoms. The van der Waals surface area contributed by atoms with Gasteiger partial charge in [0.05, 0.1) is 11.9 Å². The molecule has 0 aliphatic carbocycles. The summed E-state index contributed by atoms with van der Waals surface area (Å²) in [4.78, 5) is 12.7. The van der Waals surface area contributed by atoms with Gasteiger partial charge < -0.3 is 9.30 Å². The van der Waals surface area contributed by atoms with Gasteiger partial charge in [-0.25, -0.2) is 15.0 Å². The number of imidazole rings is 1. The van der Waals surface area contributed by atoms with E-state index in [9.17, 15) is 0 Å². The molecule has 3 rings (SSSR count). The standard InChI is InChI=1S/C13H16N4O/c1-17-12(11-6-14-9-15-7-11)8-16-13(17)10-2-4-18-5-3-10/h6-10H,2-5H2,1H3. The first kappa shape index (κ1) is 11.3. The van der Waals surface area contributed by atoms with Gasteiger partial charge in [0.2, 0.25) is 0 Å². The Balaban J connectivity index is 1.92. The van der Waals surface area contributed by atoms with Gasteiger partial charge in [-0.3, -0.25) is 0 Å². The molecule has 2 aromatic heterocycles. The second-order valence-electron chi connectivity index (χ2n) is 4.57. The quantitative estimate of drug-likeness (QED) is 0.808. The Morgan fingerprint density at radius 2 is 1.89 bits per heavy atom. The topological polar surface area (TPSA) is 52.8 Å². The molecule has 0 N–H and O–H groups in total. The molecule has 0 saturated carbocycles. The summed E-state index contributed by atoms with van der Waals surface area (Å²) < 4.78 is 7.54. The molecule has 0 atom stereocenters. The van der Waals surface area contributed by atoms with Crippen LogP contribution in [0.25, 0.3) is 11.3 Å². The van der Waals surface area contributed by atoms with Crippen LogP contribution in [0.1, 0.15) is 24.6 Å². The van der Waals surface area contributed by atoms with E-state index < -0.39 is 0 Å². The Kier molecular flexibility index (Phi) is 3.06. The zero-order chi connectivity index (χ0) is 12.4. The maximum absolute atomic E-state index is 5.40. The molecular weight excluding hydrogens is 228 g/mol. The van der Waals surface area contributed by atoms with Crippen LogP contribution >= 0.6 is 0 Å². The Hall–Kier alpha value is -1.75. The van der Waals surface area contributed by atoms with Crippen molar-refractivity contribution in [1.29, 1.82) is 0 Å². The highest BCUT2D eigenvalue weighted by Crippen LogP contribution is 2.28. The largest absolute Gasteiger partial charge is 0.381 e. The molecule has 18 heavy (non-hydrogen) atoms. The summed E-state index contributed by atoms with van der Waals surface area (Å²) in [7, 11) is 2.06. The molecule has 3 heterocycles. The Labute approximate surface area is 106 Å². The zero-order valence-electron chi connectivity index (χ0n) is 10.4. The molecule has 0 spiro atoms. The average molecular weight is 244 g/mol. The van der Waals surface area contributed by atoms with E-state index in [0.29, 0.717) is 5.92 Å². The molecule has 0 bridgehead atoms. The molecule has 1 aliphatic heterocycles. The fraction of sp³-hybridized carbons (Fsp3) is 0.462. The number of nitrogens with zero attached hydrogens (tertiary/aromatic N) is 4. The molecule has 0 aromatic carbocycles. The first-order chi connectivity index (χ1) is 8.86. The number of hydrogen-bond acceptors (Lipinski definition) is 4. The van der Waals surface area contributed by atoms with E-state index in [4.69, 9.17) is 4.74 Å². The highest BCUT2D eigenvalue weighted by atomic mass is 16.5. The summed E-state index contributed by atoms with van der Waals surface area (Å²) in [6, 6.07) is 0. The molecular formula is C13H16N4O. The minimum Gasteiger partial charge on any atom is -0.381 e. The lowest BCUT2D eigenvalue weighted by Gasteiger charge is -2.21. The molecule has 1 fully saturated rings. The summed E-state index contributed by atoms with van der Waals surface area (Å²) in [6.07, 6.45) is 9.18. The maximum Gasteiger partial charge on any atom is 0.115 e.